The molecule has 1 amide bonds. The molecule has 2 atom stereocenters. The number of allylic oxidation sites excluding steroid dienone is 3. The molecule has 0 fully saturated rings. The SMILES string of the molecule is CCCCC/C=C\CCCCCCCC(=O)OCCCCCCCCCCCCCCCCCCCCCCCCCCCCCCCCCCCCCCCCCC(=O)NC(CO)C(O)/C=C/CCCCCCCCCC. The minimum absolute atomic E-state index is 0.0141. The van der Waals surface area contributed by atoms with Crippen molar-refractivity contribution in [2.45, 2.75) is 411 Å². The van der Waals surface area contributed by atoms with Crippen molar-refractivity contribution in [3.8, 4) is 0 Å². The average Bonchev–Trinajstić information content (AvgIpc) is 3.44. The number of nitrogens with one attached hydrogen (secondary N) is 1. The summed E-state index contributed by atoms with van der Waals surface area (Å²) in [6.07, 6.45) is 85.8. The fourth-order valence-electron chi connectivity index (χ4n) is 11.3. The van der Waals surface area contributed by atoms with Crippen molar-refractivity contribution >= 4 is 11.9 Å². The zero-order chi connectivity index (χ0) is 56.4. The molecule has 3 N–H and O–H groups in total. The normalized spacial score (nSPS) is 12.6. The number of hydrogen-bond donors (Lipinski definition) is 3. The summed E-state index contributed by atoms with van der Waals surface area (Å²) in [6, 6.07) is -0.621. The lowest BCUT2D eigenvalue weighted by Crippen LogP contribution is -2.45. The third kappa shape index (κ3) is 63.5. The summed E-state index contributed by atoms with van der Waals surface area (Å²) in [7, 11) is 0. The molecule has 0 saturated heterocycles. The lowest BCUT2D eigenvalue weighted by atomic mass is 10.0. The van der Waals surface area contributed by atoms with E-state index in [4.69, 9.17) is 4.74 Å². The van der Waals surface area contributed by atoms with Gasteiger partial charge < -0.3 is 20.3 Å². The quantitative estimate of drug-likeness (QED) is 0.0320. The summed E-state index contributed by atoms with van der Waals surface area (Å²) in [6.45, 7) is 4.89. The molecule has 0 rings (SSSR count). The highest BCUT2D eigenvalue weighted by atomic mass is 16.5. The molecule has 0 heterocycles. The van der Waals surface area contributed by atoms with Gasteiger partial charge in [-0.25, -0.2) is 0 Å². The van der Waals surface area contributed by atoms with Gasteiger partial charge in [-0.1, -0.05) is 353 Å². The van der Waals surface area contributed by atoms with E-state index in [2.05, 4.69) is 31.3 Å². The first-order chi connectivity index (χ1) is 38.5. The predicted molar refractivity (Wildman–Crippen MR) is 343 cm³/mol. The summed E-state index contributed by atoms with van der Waals surface area (Å²) in [5, 5.41) is 23.0. The van der Waals surface area contributed by atoms with E-state index in [1.54, 1.807) is 6.08 Å². The van der Waals surface area contributed by atoms with Crippen LogP contribution in [0.3, 0.4) is 0 Å². The predicted octanol–water partition coefficient (Wildman–Crippen LogP) is 22.9. The van der Waals surface area contributed by atoms with E-state index >= 15 is 0 Å². The van der Waals surface area contributed by atoms with Crippen molar-refractivity contribution in [3.05, 3.63) is 24.3 Å². The number of ether oxygens (including phenoxy) is 1. The molecule has 6 heteroatoms. The van der Waals surface area contributed by atoms with Gasteiger partial charge in [0.15, 0.2) is 0 Å². The smallest absolute Gasteiger partial charge is 0.305 e. The largest absolute Gasteiger partial charge is 0.466 e. The number of amides is 1. The Morgan fingerprint density at radius 2 is 0.603 bits per heavy atom. The Balaban J connectivity index is 3.27. The third-order valence-electron chi connectivity index (χ3n) is 16.7. The van der Waals surface area contributed by atoms with Crippen LogP contribution in [0.15, 0.2) is 24.3 Å². The van der Waals surface area contributed by atoms with Gasteiger partial charge in [0.2, 0.25) is 5.91 Å². The van der Waals surface area contributed by atoms with Crippen LogP contribution in [-0.2, 0) is 14.3 Å². The highest BCUT2D eigenvalue weighted by Crippen LogP contribution is 2.19. The summed E-state index contributed by atoms with van der Waals surface area (Å²) in [5.41, 5.74) is 0. The van der Waals surface area contributed by atoms with Gasteiger partial charge in [0, 0.05) is 12.8 Å². The lowest BCUT2D eigenvalue weighted by Gasteiger charge is -2.20. The molecule has 462 valence electrons. The monoisotopic (exact) mass is 1100 g/mol. The first-order valence-electron chi connectivity index (χ1n) is 35.6. The molecule has 2 unspecified atom stereocenters. The number of unbranched alkanes of at least 4 members (excludes halogenated alkanes) is 54. The molecule has 0 radical (unpaired) electrons. The Labute approximate surface area is 488 Å². The van der Waals surface area contributed by atoms with Crippen LogP contribution in [-0.4, -0.2) is 47.4 Å². The van der Waals surface area contributed by atoms with Gasteiger partial charge in [-0.15, -0.1) is 0 Å². The minimum atomic E-state index is -0.837. The highest BCUT2D eigenvalue weighted by Gasteiger charge is 2.18. The maximum absolute atomic E-state index is 12.4. The fourth-order valence-corrected chi connectivity index (χ4v) is 11.3. The van der Waals surface area contributed by atoms with Gasteiger partial charge in [0.05, 0.1) is 25.4 Å². The van der Waals surface area contributed by atoms with Crippen molar-refractivity contribution in [1.82, 2.24) is 5.32 Å². The van der Waals surface area contributed by atoms with Gasteiger partial charge in [0.1, 0.15) is 0 Å². The van der Waals surface area contributed by atoms with Crippen LogP contribution in [0.4, 0.5) is 0 Å². The van der Waals surface area contributed by atoms with Crippen LogP contribution in [0.5, 0.6) is 0 Å². The van der Waals surface area contributed by atoms with E-state index in [9.17, 15) is 19.8 Å². The van der Waals surface area contributed by atoms with Crippen LogP contribution >= 0.6 is 0 Å². The third-order valence-corrected chi connectivity index (χ3v) is 16.7. The molecule has 0 aliphatic carbocycles. The second-order valence-electron chi connectivity index (χ2n) is 24.6. The van der Waals surface area contributed by atoms with Crippen LogP contribution in [0.2, 0.25) is 0 Å². The summed E-state index contributed by atoms with van der Waals surface area (Å²) < 4.78 is 5.48. The van der Waals surface area contributed by atoms with Gasteiger partial charge in [-0.3, -0.25) is 9.59 Å². The molecule has 0 aromatic heterocycles. The number of carbonyl (C=O) groups is 2. The van der Waals surface area contributed by atoms with Crippen molar-refractivity contribution in [3.63, 3.8) is 0 Å². The van der Waals surface area contributed by atoms with E-state index < -0.39 is 12.1 Å². The lowest BCUT2D eigenvalue weighted by molar-refractivity contribution is -0.143. The number of hydrogen-bond acceptors (Lipinski definition) is 5. The molecule has 0 aromatic carbocycles. The summed E-state index contributed by atoms with van der Waals surface area (Å²) >= 11 is 0. The number of carbonyl (C=O) groups excluding carboxylic acids is 2. The van der Waals surface area contributed by atoms with Crippen molar-refractivity contribution in [2.75, 3.05) is 13.2 Å². The maximum atomic E-state index is 12.4. The van der Waals surface area contributed by atoms with Crippen LogP contribution < -0.4 is 5.32 Å². The summed E-state index contributed by atoms with van der Waals surface area (Å²) in [4.78, 5) is 24.4. The Morgan fingerprint density at radius 1 is 0.346 bits per heavy atom. The van der Waals surface area contributed by atoms with Crippen LogP contribution in [0.25, 0.3) is 0 Å². The molecule has 6 nitrogen and oxygen atoms in total. The molecule has 78 heavy (non-hydrogen) atoms. The Bertz CT molecular complexity index is 1220. The molecular weight excluding hydrogens is 959 g/mol. The Morgan fingerprint density at radius 3 is 0.936 bits per heavy atom. The summed E-state index contributed by atoms with van der Waals surface area (Å²) in [5.74, 6) is -0.0481. The van der Waals surface area contributed by atoms with E-state index in [1.807, 2.05) is 6.08 Å². The number of rotatable bonds is 67. The van der Waals surface area contributed by atoms with E-state index in [0.717, 1.165) is 44.9 Å². The fraction of sp³-hybridized carbons (Fsp3) is 0.917. The Kier molecular flexibility index (Phi) is 66.4. The van der Waals surface area contributed by atoms with E-state index in [-0.39, 0.29) is 18.5 Å². The highest BCUT2D eigenvalue weighted by molar-refractivity contribution is 5.76. The maximum Gasteiger partial charge on any atom is 0.305 e. The Hall–Kier alpha value is -1.66. The topological polar surface area (TPSA) is 95.9 Å². The first-order valence-corrected chi connectivity index (χ1v) is 35.6. The van der Waals surface area contributed by atoms with Gasteiger partial charge >= 0.3 is 5.97 Å². The van der Waals surface area contributed by atoms with Gasteiger partial charge in [0.25, 0.3) is 0 Å². The standard InChI is InChI=1S/C72H139NO5/c1-3-5-7-9-11-13-15-46-50-54-58-62-66-72(77)78-67-63-59-55-51-47-44-42-40-38-36-34-32-30-28-26-24-22-20-18-16-17-19-21-23-25-27-29-31-33-35-37-39-41-43-45-49-53-57-61-65-71(76)73-69(68-74)70(75)64-60-56-52-48-14-12-10-8-6-4-2/h11,13,60,64,69-70,74-75H,3-10,12,14-59,61-63,65-68H2,1-2H3,(H,73,76)/b13-11-,64-60+. The second kappa shape index (κ2) is 67.8. The second-order valence-corrected chi connectivity index (χ2v) is 24.6. The van der Waals surface area contributed by atoms with E-state index in [1.165, 1.54) is 327 Å². The number of esters is 1. The zero-order valence-corrected chi connectivity index (χ0v) is 52.9. The molecule has 0 aliphatic heterocycles. The van der Waals surface area contributed by atoms with Crippen molar-refractivity contribution < 1.29 is 24.5 Å². The molecule has 0 saturated carbocycles. The van der Waals surface area contributed by atoms with Crippen molar-refractivity contribution in [2.24, 2.45) is 0 Å². The molecule has 0 bridgehead atoms. The first kappa shape index (κ1) is 76.3. The van der Waals surface area contributed by atoms with Crippen LogP contribution in [0, 0.1) is 0 Å². The van der Waals surface area contributed by atoms with Gasteiger partial charge in [-0.2, -0.15) is 0 Å². The molecule has 0 aromatic rings. The van der Waals surface area contributed by atoms with E-state index in [0.29, 0.717) is 19.4 Å². The molecule has 0 spiro atoms. The number of aliphatic hydroxyl groups excluding tert-OH is 2. The zero-order valence-electron chi connectivity index (χ0n) is 52.9. The molecule has 0 aliphatic rings. The van der Waals surface area contributed by atoms with Gasteiger partial charge in [-0.05, 0) is 57.8 Å². The minimum Gasteiger partial charge on any atom is -0.466 e. The van der Waals surface area contributed by atoms with Crippen molar-refractivity contribution in [1.29, 1.82) is 0 Å². The molecular formula is C72H139NO5. The average molecular weight is 1100 g/mol. The number of aliphatic hydroxyl groups is 2. The van der Waals surface area contributed by atoms with Crippen LogP contribution in [0.1, 0.15) is 399 Å².